The van der Waals surface area contributed by atoms with Crippen LogP contribution in [-0.2, 0) is 4.74 Å². The molecule has 0 radical (unpaired) electrons. The van der Waals surface area contributed by atoms with Crippen LogP contribution in [0, 0.1) is 5.92 Å². The van der Waals surface area contributed by atoms with Crippen LogP contribution in [0.25, 0.3) is 0 Å². The maximum absolute atomic E-state index is 5.38. The lowest BCUT2D eigenvalue weighted by atomic mass is 9.97. The summed E-state index contributed by atoms with van der Waals surface area (Å²) in [5, 5.41) is 3.19. The van der Waals surface area contributed by atoms with Crippen LogP contribution in [0.4, 0.5) is 0 Å². The number of nitrogens with one attached hydrogen (secondary N) is 1. The smallest absolute Gasteiger partial charge is 0.0468 e. The van der Waals surface area contributed by atoms with E-state index in [2.05, 4.69) is 5.32 Å². The third-order valence-corrected chi connectivity index (χ3v) is 2.37. The van der Waals surface area contributed by atoms with Gasteiger partial charge >= 0.3 is 0 Å². The van der Waals surface area contributed by atoms with Crippen LogP contribution < -0.4 is 5.32 Å². The van der Waals surface area contributed by atoms with Crippen molar-refractivity contribution in [2.45, 2.75) is 25.7 Å². The summed E-state index contributed by atoms with van der Waals surface area (Å²) in [4.78, 5) is 0. The molecule has 2 heteroatoms. The van der Waals surface area contributed by atoms with Crippen LogP contribution in [-0.4, -0.2) is 26.8 Å². The van der Waals surface area contributed by atoms with E-state index in [-0.39, 0.29) is 0 Å². The summed E-state index contributed by atoms with van der Waals surface area (Å²) in [5.74, 6) is 0.907. The molecule has 0 spiro atoms. The van der Waals surface area contributed by atoms with Crippen LogP contribution in [0.5, 0.6) is 0 Å². The Hall–Kier alpha value is -0.0800. The molecule has 0 aromatic heterocycles. The van der Waals surface area contributed by atoms with E-state index in [0.29, 0.717) is 0 Å². The Bertz CT molecular complexity index is 87.6. The van der Waals surface area contributed by atoms with Gasteiger partial charge in [0.2, 0.25) is 0 Å². The number of rotatable bonds is 3. The molecule has 2 nitrogen and oxygen atoms in total. The van der Waals surface area contributed by atoms with E-state index >= 15 is 0 Å². The van der Waals surface area contributed by atoms with Crippen LogP contribution in [0.2, 0.25) is 0 Å². The molecule has 0 aromatic carbocycles. The molecule has 1 atom stereocenters. The van der Waals surface area contributed by atoms with E-state index in [1.165, 1.54) is 25.7 Å². The topological polar surface area (TPSA) is 21.3 Å². The first-order valence-electron chi connectivity index (χ1n) is 4.66. The lowest BCUT2D eigenvalue weighted by Crippen LogP contribution is -2.13. The van der Waals surface area contributed by atoms with Gasteiger partial charge < -0.3 is 10.1 Å². The van der Waals surface area contributed by atoms with Gasteiger partial charge in [0, 0.05) is 13.2 Å². The molecule has 0 aliphatic carbocycles. The average molecular weight is 157 g/mol. The fourth-order valence-corrected chi connectivity index (χ4v) is 1.61. The van der Waals surface area contributed by atoms with E-state index in [9.17, 15) is 0 Å². The highest BCUT2D eigenvalue weighted by atomic mass is 16.5. The second-order valence-corrected chi connectivity index (χ2v) is 3.30. The van der Waals surface area contributed by atoms with Crippen molar-refractivity contribution in [2.24, 2.45) is 5.92 Å². The Labute approximate surface area is 69.3 Å². The molecule has 0 bridgehead atoms. The molecule has 1 fully saturated rings. The highest BCUT2D eigenvalue weighted by Gasteiger charge is 2.10. The van der Waals surface area contributed by atoms with Gasteiger partial charge in [-0.25, -0.2) is 0 Å². The van der Waals surface area contributed by atoms with Crippen molar-refractivity contribution >= 4 is 0 Å². The largest absolute Gasteiger partial charge is 0.381 e. The Morgan fingerprint density at radius 3 is 3.09 bits per heavy atom. The van der Waals surface area contributed by atoms with Crippen molar-refractivity contribution in [3.63, 3.8) is 0 Å². The van der Waals surface area contributed by atoms with Gasteiger partial charge in [0.1, 0.15) is 0 Å². The van der Waals surface area contributed by atoms with Crippen LogP contribution in [0.15, 0.2) is 0 Å². The zero-order valence-corrected chi connectivity index (χ0v) is 7.44. The highest BCUT2D eigenvalue weighted by molar-refractivity contribution is 4.63. The first kappa shape index (κ1) is 9.01. The fourth-order valence-electron chi connectivity index (χ4n) is 1.61. The maximum atomic E-state index is 5.38. The van der Waals surface area contributed by atoms with Crippen molar-refractivity contribution in [1.29, 1.82) is 0 Å². The van der Waals surface area contributed by atoms with E-state index in [1.54, 1.807) is 0 Å². The lowest BCUT2D eigenvalue weighted by Gasteiger charge is -2.11. The summed E-state index contributed by atoms with van der Waals surface area (Å²) < 4.78 is 5.38. The molecule has 0 amide bonds. The summed E-state index contributed by atoms with van der Waals surface area (Å²) in [6.07, 6.45) is 5.21. The Kier molecular flexibility index (Phi) is 4.55. The quantitative estimate of drug-likeness (QED) is 0.669. The predicted octanol–water partition coefficient (Wildman–Crippen LogP) is 1.41. The minimum Gasteiger partial charge on any atom is -0.381 e. The van der Waals surface area contributed by atoms with Gasteiger partial charge in [-0.3, -0.25) is 0 Å². The third-order valence-electron chi connectivity index (χ3n) is 2.37. The van der Waals surface area contributed by atoms with Crippen LogP contribution >= 0.6 is 0 Å². The van der Waals surface area contributed by atoms with Crippen molar-refractivity contribution in [1.82, 2.24) is 5.32 Å². The minimum atomic E-state index is 0.907. The molecule has 1 saturated heterocycles. The molecule has 1 N–H and O–H groups in total. The minimum absolute atomic E-state index is 0.907. The van der Waals surface area contributed by atoms with Crippen LogP contribution in [0.3, 0.4) is 0 Å². The van der Waals surface area contributed by atoms with Gasteiger partial charge in [0.25, 0.3) is 0 Å². The second-order valence-electron chi connectivity index (χ2n) is 3.30. The van der Waals surface area contributed by atoms with Crippen molar-refractivity contribution < 1.29 is 4.74 Å². The molecule has 0 aromatic rings. The molecular formula is C9H19NO. The van der Waals surface area contributed by atoms with E-state index in [0.717, 1.165) is 25.7 Å². The van der Waals surface area contributed by atoms with Gasteiger partial charge in [-0.05, 0) is 45.2 Å². The molecular weight excluding hydrogens is 138 g/mol. The maximum Gasteiger partial charge on any atom is 0.0468 e. The first-order valence-corrected chi connectivity index (χ1v) is 4.66. The van der Waals surface area contributed by atoms with Gasteiger partial charge in [-0.15, -0.1) is 0 Å². The molecule has 1 heterocycles. The molecule has 11 heavy (non-hydrogen) atoms. The van der Waals surface area contributed by atoms with Crippen LogP contribution in [0.1, 0.15) is 25.7 Å². The van der Waals surface area contributed by atoms with Crippen molar-refractivity contribution in [3.8, 4) is 0 Å². The summed E-state index contributed by atoms with van der Waals surface area (Å²) in [5.41, 5.74) is 0. The highest BCUT2D eigenvalue weighted by Crippen LogP contribution is 2.18. The number of hydrogen-bond acceptors (Lipinski definition) is 2. The Morgan fingerprint density at radius 2 is 2.27 bits per heavy atom. The third kappa shape index (κ3) is 3.73. The van der Waals surface area contributed by atoms with Gasteiger partial charge in [0.05, 0.1) is 0 Å². The lowest BCUT2D eigenvalue weighted by molar-refractivity contribution is 0.141. The zero-order chi connectivity index (χ0) is 7.94. The first-order chi connectivity index (χ1) is 5.43. The summed E-state index contributed by atoms with van der Waals surface area (Å²) in [6, 6.07) is 0. The van der Waals surface area contributed by atoms with E-state index < -0.39 is 0 Å². The van der Waals surface area contributed by atoms with Crippen molar-refractivity contribution in [3.05, 3.63) is 0 Å². The Morgan fingerprint density at radius 1 is 1.36 bits per heavy atom. The Balaban J connectivity index is 2.09. The summed E-state index contributed by atoms with van der Waals surface area (Å²) in [7, 11) is 2.02. The molecule has 1 aliphatic heterocycles. The predicted molar refractivity (Wildman–Crippen MR) is 46.7 cm³/mol. The standard InChI is InChI=1S/C9H19NO/c1-10-6-4-9-3-2-7-11-8-5-9/h9-10H,2-8H2,1H3. The SMILES string of the molecule is CNCCC1CCCOCC1. The zero-order valence-electron chi connectivity index (χ0n) is 7.44. The normalized spacial score (nSPS) is 26.5. The molecule has 66 valence electrons. The monoisotopic (exact) mass is 157 g/mol. The second kappa shape index (κ2) is 5.56. The van der Waals surface area contributed by atoms with Crippen molar-refractivity contribution in [2.75, 3.05) is 26.8 Å². The molecule has 1 rings (SSSR count). The summed E-state index contributed by atoms with van der Waals surface area (Å²) >= 11 is 0. The fraction of sp³-hybridized carbons (Fsp3) is 1.00. The number of hydrogen-bond donors (Lipinski definition) is 1. The van der Waals surface area contributed by atoms with Gasteiger partial charge in [-0.2, -0.15) is 0 Å². The van der Waals surface area contributed by atoms with E-state index in [4.69, 9.17) is 4.74 Å². The number of ether oxygens (including phenoxy) is 1. The molecule has 1 unspecified atom stereocenters. The molecule has 1 aliphatic rings. The molecule has 0 saturated carbocycles. The van der Waals surface area contributed by atoms with Gasteiger partial charge in [0.15, 0.2) is 0 Å². The van der Waals surface area contributed by atoms with Gasteiger partial charge in [-0.1, -0.05) is 0 Å². The van der Waals surface area contributed by atoms with E-state index in [1.807, 2.05) is 7.05 Å². The summed E-state index contributed by atoms with van der Waals surface area (Å²) in [6.45, 7) is 3.12. The average Bonchev–Trinajstić information content (AvgIpc) is 2.28.